The highest BCUT2D eigenvalue weighted by molar-refractivity contribution is 7.17. The summed E-state index contributed by atoms with van der Waals surface area (Å²) in [6, 6.07) is 1.37. The Morgan fingerprint density at radius 1 is 1.62 bits per heavy atom. The quantitative estimate of drug-likeness (QED) is 0.819. The van der Waals surface area contributed by atoms with Gasteiger partial charge in [-0.3, -0.25) is 14.2 Å². The predicted molar refractivity (Wildman–Crippen MR) is 63.9 cm³/mol. The van der Waals surface area contributed by atoms with Gasteiger partial charge in [-0.25, -0.2) is 4.98 Å². The second-order valence-electron chi connectivity index (χ2n) is 3.59. The topological polar surface area (TPSA) is 52.0 Å². The molecule has 2 aromatic rings. The molecule has 1 atom stereocenters. The molecule has 0 saturated heterocycles. The molecule has 2 aromatic heterocycles. The van der Waals surface area contributed by atoms with E-state index in [9.17, 15) is 9.59 Å². The molecule has 0 aliphatic carbocycles. The van der Waals surface area contributed by atoms with E-state index in [0.717, 1.165) is 0 Å². The van der Waals surface area contributed by atoms with Gasteiger partial charge in [0.05, 0.1) is 17.9 Å². The number of Topliss-reactive ketones (excluding diaryl/α,β-unsaturated/α-hetero) is 1. The molecule has 0 amide bonds. The third-order valence-electron chi connectivity index (χ3n) is 2.63. The Morgan fingerprint density at radius 2 is 2.38 bits per heavy atom. The number of thiophene rings is 1. The maximum Gasteiger partial charge on any atom is 0.271 e. The Kier molecular flexibility index (Phi) is 2.87. The fourth-order valence-electron chi connectivity index (χ4n) is 1.58. The minimum absolute atomic E-state index is 0.0415. The lowest BCUT2D eigenvalue weighted by Crippen LogP contribution is -2.27. The van der Waals surface area contributed by atoms with E-state index in [0.29, 0.717) is 16.6 Å². The Hall–Kier alpha value is -1.49. The first-order valence-electron chi connectivity index (χ1n) is 5.12. The van der Waals surface area contributed by atoms with Crippen molar-refractivity contribution in [2.75, 3.05) is 0 Å². The number of hydrogen-bond acceptors (Lipinski definition) is 4. The molecule has 84 valence electrons. The SMILES string of the molecule is CCC(=O)C(C)n1cnc2ccsc2c1=O. The van der Waals surface area contributed by atoms with E-state index in [4.69, 9.17) is 0 Å². The molecule has 2 rings (SSSR count). The van der Waals surface area contributed by atoms with Crippen LogP contribution in [0.1, 0.15) is 26.3 Å². The Bertz CT molecular complexity index is 585. The van der Waals surface area contributed by atoms with Crippen molar-refractivity contribution in [1.82, 2.24) is 9.55 Å². The lowest BCUT2D eigenvalue weighted by atomic mass is 10.1. The van der Waals surface area contributed by atoms with E-state index in [-0.39, 0.29) is 11.3 Å². The van der Waals surface area contributed by atoms with Crippen LogP contribution in [0.2, 0.25) is 0 Å². The van der Waals surface area contributed by atoms with Crippen molar-refractivity contribution in [1.29, 1.82) is 0 Å². The van der Waals surface area contributed by atoms with E-state index in [1.165, 1.54) is 22.2 Å². The minimum Gasteiger partial charge on any atom is -0.297 e. The van der Waals surface area contributed by atoms with Crippen molar-refractivity contribution in [3.05, 3.63) is 28.1 Å². The van der Waals surface area contributed by atoms with Gasteiger partial charge in [-0.2, -0.15) is 0 Å². The van der Waals surface area contributed by atoms with Crippen LogP contribution in [0, 0.1) is 0 Å². The molecule has 0 aliphatic heterocycles. The van der Waals surface area contributed by atoms with Gasteiger partial charge in [0, 0.05) is 6.42 Å². The van der Waals surface area contributed by atoms with Gasteiger partial charge in [0.1, 0.15) is 4.70 Å². The second kappa shape index (κ2) is 4.17. The molecule has 0 aliphatic rings. The third-order valence-corrected chi connectivity index (χ3v) is 3.52. The summed E-state index contributed by atoms with van der Waals surface area (Å²) in [6.45, 7) is 3.52. The Labute approximate surface area is 96.6 Å². The summed E-state index contributed by atoms with van der Waals surface area (Å²) in [5, 5.41) is 1.83. The first kappa shape index (κ1) is 11.0. The molecule has 0 fully saturated rings. The summed E-state index contributed by atoms with van der Waals surface area (Å²) in [5.74, 6) is 0.0415. The average molecular weight is 236 g/mol. The molecule has 0 bridgehead atoms. The lowest BCUT2D eigenvalue weighted by molar-refractivity contribution is -0.121. The molecule has 5 heteroatoms. The summed E-state index contributed by atoms with van der Waals surface area (Å²) in [6.07, 6.45) is 1.88. The van der Waals surface area contributed by atoms with Crippen molar-refractivity contribution < 1.29 is 4.79 Å². The monoisotopic (exact) mass is 236 g/mol. The highest BCUT2D eigenvalue weighted by Crippen LogP contribution is 2.15. The summed E-state index contributed by atoms with van der Waals surface area (Å²) < 4.78 is 2.02. The number of carbonyl (C=O) groups excluding carboxylic acids is 1. The zero-order valence-corrected chi connectivity index (χ0v) is 9.95. The zero-order chi connectivity index (χ0) is 11.7. The number of ketones is 1. The molecule has 0 spiro atoms. The van der Waals surface area contributed by atoms with Crippen LogP contribution in [0.4, 0.5) is 0 Å². The second-order valence-corrected chi connectivity index (χ2v) is 4.50. The summed E-state index contributed by atoms with van der Waals surface area (Å²) in [7, 11) is 0. The number of hydrogen-bond donors (Lipinski definition) is 0. The van der Waals surface area contributed by atoms with Gasteiger partial charge in [-0.1, -0.05) is 6.92 Å². The number of aromatic nitrogens is 2. The normalized spacial score (nSPS) is 12.9. The molecule has 0 aromatic carbocycles. The zero-order valence-electron chi connectivity index (χ0n) is 9.14. The van der Waals surface area contributed by atoms with Crippen molar-refractivity contribution in [3.63, 3.8) is 0 Å². The van der Waals surface area contributed by atoms with Gasteiger partial charge in [-0.05, 0) is 18.4 Å². The largest absolute Gasteiger partial charge is 0.297 e. The molecule has 4 nitrogen and oxygen atoms in total. The van der Waals surface area contributed by atoms with Crippen LogP contribution < -0.4 is 5.56 Å². The van der Waals surface area contributed by atoms with Crippen LogP contribution in [-0.2, 0) is 4.79 Å². The van der Waals surface area contributed by atoms with Gasteiger partial charge in [-0.15, -0.1) is 11.3 Å². The third kappa shape index (κ3) is 1.67. The molecule has 0 saturated carbocycles. The van der Waals surface area contributed by atoms with Crippen LogP contribution in [0.25, 0.3) is 10.2 Å². The molecule has 0 radical (unpaired) electrons. The summed E-state index contributed by atoms with van der Waals surface area (Å²) >= 11 is 1.36. The smallest absolute Gasteiger partial charge is 0.271 e. The van der Waals surface area contributed by atoms with Crippen molar-refractivity contribution in [3.8, 4) is 0 Å². The van der Waals surface area contributed by atoms with E-state index in [2.05, 4.69) is 4.98 Å². The van der Waals surface area contributed by atoms with Crippen LogP contribution >= 0.6 is 11.3 Å². The Morgan fingerprint density at radius 3 is 3.06 bits per heavy atom. The van der Waals surface area contributed by atoms with Gasteiger partial charge in [0.2, 0.25) is 0 Å². The Balaban J connectivity index is 2.57. The van der Waals surface area contributed by atoms with Crippen LogP contribution in [-0.4, -0.2) is 15.3 Å². The first-order valence-corrected chi connectivity index (χ1v) is 6.00. The van der Waals surface area contributed by atoms with Crippen molar-refractivity contribution >= 4 is 27.3 Å². The van der Waals surface area contributed by atoms with Crippen molar-refractivity contribution in [2.45, 2.75) is 26.3 Å². The standard InChI is InChI=1S/C11H12N2O2S/c1-3-9(14)7(2)13-6-12-8-4-5-16-10(8)11(13)15/h4-7H,3H2,1-2H3. The summed E-state index contributed by atoms with van der Waals surface area (Å²) in [5.41, 5.74) is 0.566. The number of nitrogens with zero attached hydrogens (tertiary/aromatic N) is 2. The molecular weight excluding hydrogens is 224 g/mol. The maximum absolute atomic E-state index is 12.0. The molecule has 16 heavy (non-hydrogen) atoms. The number of rotatable bonds is 3. The van der Waals surface area contributed by atoms with E-state index in [1.807, 2.05) is 5.38 Å². The highest BCUT2D eigenvalue weighted by atomic mass is 32.1. The molecule has 1 unspecified atom stereocenters. The number of fused-ring (bicyclic) bond motifs is 1. The average Bonchev–Trinajstić information content (AvgIpc) is 2.76. The van der Waals surface area contributed by atoms with E-state index < -0.39 is 6.04 Å². The highest BCUT2D eigenvalue weighted by Gasteiger charge is 2.15. The first-order chi connectivity index (χ1) is 7.65. The van der Waals surface area contributed by atoms with Crippen molar-refractivity contribution in [2.24, 2.45) is 0 Å². The molecular formula is C11H12N2O2S. The summed E-state index contributed by atoms with van der Waals surface area (Å²) in [4.78, 5) is 27.7. The van der Waals surface area contributed by atoms with Gasteiger partial charge in [0.25, 0.3) is 5.56 Å². The fraction of sp³-hybridized carbons (Fsp3) is 0.364. The van der Waals surface area contributed by atoms with Crippen LogP contribution in [0.15, 0.2) is 22.6 Å². The minimum atomic E-state index is -0.434. The van der Waals surface area contributed by atoms with Gasteiger partial charge < -0.3 is 0 Å². The predicted octanol–water partition coefficient (Wildman–Crippen LogP) is 2.00. The maximum atomic E-state index is 12.0. The van der Waals surface area contributed by atoms with Gasteiger partial charge in [0.15, 0.2) is 5.78 Å². The molecule has 0 N–H and O–H groups in total. The van der Waals surface area contributed by atoms with E-state index in [1.54, 1.807) is 19.9 Å². The van der Waals surface area contributed by atoms with Gasteiger partial charge >= 0.3 is 0 Å². The van der Waals surface area contributed by atoms with E-state index >= 15 is 0 Å². The fourth-order valence-corrected chi connectivity index (χ4v) is 2.37. The van der Waals surface area contributed by atoms with Crippen LogP contribution in [0.5, 0.6) is 0 Å². The lowest BCUT2D eigenvalue weighted by Gasteiger charge is -2.11. The number of carbonyl (C=O) groups is 1. The van der Waals surface area contributed by atoms with Crippen LogP contribution in [0.3, 0.4) is 0 Å². The molecule has 2 heterocycles.